The highest BCUT2D eigenvalue weighted by molar-refractivity contribution is 6.21. The molecule has 0 spiro atoms. The predicted octanol–water partition coefficient (Wildman–Crippen LogP) is 3.70. The minimum Gasteiger partial charge on any atom is -0.493 e. The van der Waals surface area contributed by atoms with Crippen molar-refractivity contribution < 1.29 is 28.8 Å². The number of benzene rings is 2. The number of fused-ring (bicyclic) bond motifs is 1. The molecule has 0 unspecified atom stereocenters. The Morgan fingerprint density at radius 3 is 2.34 bits per heavy atom. The number of hydrogen-bond donors (Lipinski definition) is 0. The summed E-state index contributed by atoms with van der Waals surface area (Å²) in [5.41, 5.74) is 1.39. The highest BCUT2D eigenvalue weighted by atomic mass is 16.6. The second-order valence-electron chi connectivity index (χ2n) is 7.10. The predicted molar refractivity (Wildman–Crippen MR) is 115 cm³/mol. The third-order valence-corrected chi connectivity index (χ3v) is 4.94. The van der Waals surface area contributed by atoms with Crippen LogP contribution in [0, 0.1) is 10.1 Å². The van der Waals surface area contributed by atoms with Crippen LogP contribution in [-0.4, -0.2) is 41.3 Å². The number of imide groups is 1. The second kappa shape index (κ2) is 10.3. The Bertz CT molecular complexity index is 1040. The smallest absolute Gasteiger partial charge is 0.311 e. The quantitative estimate of drug-likeness (QED) is 0.139. The minimum absolute atomic E-state index is 0.161. The molecule has 166 valence electrons. The van der Waals surface area contributed by atoms with E-state index in [0.717, 1.165) is 6.20 Å². The number of amides is 2. The average molecular weight is 438 g/mol. The summed E-state index contributed by atoms with van der Waals surface area (Å²) in [7, 11) is 1.41. The first-order valence-electron chi connectivity index (χ1n) is 10.1. The average Bonchev–Trinajstić information content (AvgIpc) is 3.03. The van der Waals surface area contributed by atoms with Crippen molar-refractivity contribution in [3.63, 3.8) is 0 Å². The van der Waals surface area contributed by atoms with E-state index in [9.17, 15) is 24.5 Å². The van der Waals surface area contributed by atoms with E-state index in [-0.39, 0.29) is 29.7 Å². The summed E-state index contributed by atoms with van der Waals surface area (Å²) in [5, 5.41) is 10.4. The number of unbranched alkanes of at least 4 members (excludes halogenated alkanes) is 2. The van der Waals surface area contributed by atoms with Crippen molar-refractivity contribution in [3.8, 4) is 11.5 Å². The fourth-order valence-corrected chi connectivity index (χ4v) is 3.35. The highest BCUT2D eigenvalue weighted by Crippen LogP contribution is 2.29. The summed E-state index contributed by atoms with van der Waals surface area (Å²) in [4.78, 5) is 47.9. The zero-order chi connectivity index (χ0) is 23.1. The number of hydrogen-bond acceptors (Lipinski definition) is 7. The number of methoxy groups -OCH3 is 1. The normalized spacial score (nSPS) is 12.8. The molecule has 0 saturated carbocycles. The maximum absolute atomic E-state index is 12.3. The van der Waals surface area contributed by atoms with Gasteiger partial charge < -0.3 is 9.47 Å². The van der Waals surface area contributed by atoms with E-state index in [2.05, 4.69) is 0 Å². The summed E-state index contributed by atoms with van der Waals surface area (Å²) in [6, 6.07) is 11.4. The molecule has 0 atom stereocenters. The first-order valence-corrected chi connectivity index (χ1v) is 10.1. The van der Waals surface area contributed by atoms with Crippen LogP contribution < -0.4 is 9.47 Å². The molecule has 3 rings (SSSR count). The number of esters is 1. The van der Waals surface area contributed by atoms with Crippen molar-refractivity contribution >= 4 is 23.9 Å². The molecule has 1 heterocycles. The van der Waals surface area contributed by atoms with Gasteiger partial charge >= 0.3 is 5.97 Å². The minimum atomic E-state index is -0.575. The van der Waals surface area contributed by atoms with Gasteiger partial charge in [0, 0.05) is 19.0 Å². The molecule has 2 aromatic carbocycles. The summed E-state index contributed by atoms with van der Waals surface area (Å²) in [5.74, 6) is -0.504. The van der Waals surface area contributed by atoms with Crippen molar-refractivity contribution in [1.29, 1.82) is 0 Å². The van der Waals surface area contributed by atoms with E-state index >= 15 is 0 Å². The number of nitrogens with zero attached hydrogens (tertiary/aromatic N) is 2. The number of rotatable bonds is 10. The van der Waals surface area contributed by atoms with Crippen molar-refractivity contribution in [1.82, 2.24) is 4.90 Å². The lowest BCUT2D eigenvalue weighted by Gasteiger charge is -2.13. The van der Waals surface area contributed by atoms with Crippen LogP contribution in [0.1, 0.15) is 52.0 Å². The lowest BCUT2D eigenvalue weighted by molar-refractivity contribution is -0.400. The second-order valence-corrected chi connectivity index (χ2v) is 7.10. The Morgan fingerprint density at radius 2 is 1.72 bits per heavy atom. The molecular weight excluding hydrogens is 416 g/mol. The van der Waals surface area contributed by atoms with Crippen molar-refractivity contribution in [2.24, 2.45) is 0 Å². The topological polar surface area (TPSA) is 116 Å². The van der Waals surface area contributed by atoms with E-state index in [0.29, 0.717) is 42.5 Å². The van der Waals surface area contributed by atoms with Crippen LogP contribution in [0.25, 0.3) is 6.08 Å². The van der Waals surface area contributed by atoms with Crippen LogP contribution in [0.3, 0.4) is 0 Å². The highest BCUT2D eigenvalue weighted by Gasteiger charge is 2.34. The van der Waals surface area contributed by atoms with Gasteiger partial charge in [-0.1, -0.05) is 24.6 Å². The fourth-order valence-electron chi connectivity index (χ4n) is 3.35. The molecule has 32 heavy (non-hydrogen) atoms. The first-order chi connectivity index (χ1) is 15.4. The molecule has 0 aromatic heterocycles. The molecule has 0 radical (unpaired) electrons. The van der Waals surface area contributed by atoms with Crippen molar-refractivity contribution in [2.45, 2.75) is 25.7 Å². The van der Waals surface area contributed by atoms with Gasteiger partial charge in [0.15, 0.2) is 11.5 Å². The Balaban J connectivity index is 1.44. The molecule has 0 bridgehead atoms. The van der Waals surface area contributed by atoms with Crippen LogP contribution in [0.15, 0.2) is 48.7 Å². The molecule has 9 nitrogen and oxygen atoms in total. The third-order valence-electron chi connectivity index (χ3n) is 4.94. The molecule has 0 saturated heterocycles. The van der Waals surface area contributed by atoms with Gasteiger partial charge in [0.2, 0.25) is 6.20 Å². The molecule has 2 amide bonds. The molecule has 2 aromatic rings. The fraction of sp³-hybridized carbons (Fsp3) is 0.261. The van der Waals surface area contributed by atoms with Gasteiger partial charge in [-0.25, -0.2) is 0 Å². The maximum atomic E-state index is 12.3. The molecule has 1 aliphatic rings. The lowest BCUT2D eigenvalue weighted by atomic mass is 10.1. The van der Waals surface area contributed by atoms with Gasteiger partial charge in [0.1, 0.15) is 0 Å². The summed E-state index contributed by atoms with van der Waals surface area (Å²) < 4.78 is 10.5. The van der Waals surface area contributed by atoms with E-state index in [1.54, 1.807) is 30.3 Å². The van der Waals surface area contributed by atoms with E-state index < -0.39 is 10.9 Å². The molecule has 0 N–H and O–H groups in total. The number of ether oxygens (including phenoxy) is 2. The maximum Gasteiger partial charge on any atom is 0.311 e. The van der Waals surface area contributed by atoms with Crippen molar-refractivity contribution in [2.75, 3.05) is 13.7 Å². The van der Waals surface area contributed by atoms with E-state index in [1.165, 1.54) is 30.2 Å². The van der Waals surface area contributed by atoms with Crippen LogP contribution in [0.4, 0.5) is 0 Å². The number of nitro groups is 1. The zero-order valence-electron chi connectivity index (χ0n) is 17.5. The Labute approximate surface area is 184 Å². The summed E-state index contributed by atoms with van der Waals surface area (Å²) in [6.45, 7) is 0.300. The van der Waals surface area contributed by atoms with Crippen LogP contribution in [-0.2, 0) is 4.79 Å². The number of carbonyl (C=O) groups is 3. The van der Waals surface area contributed by atoms with Gasteiger partial charge in [-0.15, -0.1) is 0 Å². The SMILES string of the molecule is COc1cc(C=C[N+](=O)[O-])ccc1OC(=O)CCCCCN1C(=O)c2ccccc2C1=O. The van der Waals surface area contributed by atoms with Gasteiger partial charge in [-0.05, 0) is 42.7 Å². The third kappa shape index (κ3) is 5.37. The molecular formula is C23H22N2O7. The van der Waals surface area contributed by atoms with Crippen LogP contribution in [0.2, 0.25) is 0 Å². The Morgan fingerprint density at radius 1 is 1.03 bits per heavy atom. The van der Waals surface area contributed by atoms with Gasteiger partial charge in [0.05, 0.1) is 23.2 Å². The zero-order valence-corrected chi connectivity index (χ0v) is 17.5. The molecule has 9 heteroatoms. The van der Waals surface area contributed by atoms with Gasteiger partial charge in [0.25, 0.3) is 11.8 Å². The van der Waals surface area contributed by atoms with Gasteiger partial charge in [-0.3, -0.25) is 29.4 Å². The lowest BCUT2D eigenvalue weighted by Crippen LogP contribution is -2.30. The summed E-state index contributed by atoms with van der Waals surface area (Å²) in [6.07, 6.45) is 4.04. The van der Waals surface area contributed by atoms with Crippen LogP contribution in [0.5, 0.6) is 11.5 Å². The number of carbonyl (C=O) groups excluding carboxylic acids is 3. The first kappa shape index (κ1) is 22.7. The largest absolute Gasteiger partial charge is 0.493 e. The standard InChI is InChI=1S/C23H22N2O7/c1-31-20-15-16(12-14-25(29)30)10-11-19(20)32-21(26)9-3-2-6-13-24-22(27)17-7-4-5-8-18(17)23(24)28/h4-5,7-8,10-12,14-15H,2-3,6,9,13H2,1H3. The molecule has 0 aliphatic carbocycles. The monoisotopic (exact) mass is 438 g/mol. The van der Waals surface area contributed by atoms with Crippen LogP contribution >= 0.6 is 0 Å². The Kier molecular flexibility index (Phi) is 7.33. The van der Waals surface area contributed by atoms with E-state index in [4.69, 9.17) is 9.47 Å². The molecule has 0 fully saturated rings. The van der Waals surface area contributed by atoms with Gasteiger partial charge in [-0.2, -0.15) is 0 Å². The Hall–Kier alpha value is -4.01. The molecule has 1 aliphatic heterocycles. The van der Waals surface area contributed by atoms with Crippen molar-refractivity contribution in [3.05, 3.63) is 75.5 Å². The van der Waals surface area contributed by atoms with E-state index in [1.807, 2.05) is 0 Å². The summed E-state index contributed by atoms with van der Waals surface area (Å²) >= 11 is 0.